The Labute approximate surface area is 144 Å². The number of unbranched alkanes of at least 4 members (excludes halogenated alkanes) is 2. The highest BCUT2D eigenvalue weighted by molar-refractivity contribution is 5.84. The molecule has 0 aliphatic carbocycles. The van der Waals surface area contributed by atoms with E-state index in [1.54, 1.807) is 0 Å². The van der Waals surface area contributed by atoms with Gasteiger partial charge < -0.3 is 14.5 Å². The minimum absolute atomic E-state index is 0.720. The highest BCUT2D eigenvalue weighted by Gasteiger charge is 2.19. The van der Waals surface area contributed by atoms with Crippen molar-refractivity contribution in [3.8, 4) is 5.88 Å². The molecule has 2 heterocycles. The molecule has 0 atom stereocenters. The minimum atomic E-state index is 0.720. The van der Waals surface area contributed by atoms with Crippen molar-refractivity contribution >= 4 is 16.9 Å². The second-order valence-corrected chi connectivity index (χ2v) is 6.32. The van der Waals surface area contributed by atoms with Crippen LogP contribution >= 0.6 is 0 Å². The van der Waals surface area contributed by atoms with Gasteiger partial charge in [-0.25, -0.2) is 4.98 Å². The van der Waals surface area contributed by atoms with E-state index in [1.165, 1.54) is 12.8 Å². The van der Waals surface area contributed by atoms with Gasteiger partial charge in [-0.15, -0.1) is 0 Å². The summed E-state index contributed by atoms with van der Waals surface area (Å²) in [5.41, 5.74) is 0.964. The molecule has 130 valence electrons. The summed E-state index contributed by atoms with van der Waals surface area (Å²) in [5, 5.41) is 1.00. The maximum atomic E-state index is 6.01. The average molecular weight is 328 g/mol. The Morgan fingerprint density at radius 2 is 1.79 bits per heavy atom. The van der Waals surface area contributed by atoms with Gasteiger partial charge in [0, 0.05) is 26.2 Å². The largest absolute Gasteiger partial charge is 0.477 e. The van der Waals surface area contributed by atoms with Crippen molar-refractivity contribution in [2.24, 2.45) is 0 Å². The number of anilines is 1. The molecule has 1 aromatic carbocycles. The lowest BCUT2D eigenvalue weighted by molar-refractivity contribution is 0.268. The first-order valence-electron chi connectivity index (χ1n) is 9.18. The van der Waals surface area contributed by atoms with Crippen molar-refractivity contribution in [1.82, 2.24) is 14.9 Å². The Morgan fingerprint density at radius 3 is 2.54 bits per heavy atom. The number of fused-ring (bicyclic) bond motifs is 1. The molecule has 0 radical (unpaired) electrons. The molecule has 0 N–H and O–H groups in total. The van der Waals surface area contributed by atoms with Gasteiger partial charge in [-0.3, -0.25) is 0 Å². The number of benzene rings is 1. The molecule has 1 aliphatic heterocycles. The Balaban J connectivity index is 1.80. The number of nitrogens with zero attached hydrogens (tertiary/aromatic N) is 4. The number of ether oxygens (including phenoxy) is 1. The van der Waals surface area contributed by atoms with Gasteiger partial charge in [0.25, 0.3) is 0 Å². The topological polar surface area (TPSA) is 41.5 Å². The third-order valence-electron chi connectivity index (χ3n) is 4.65. The SMILES string of the molecule is CCCCCOc1nc(N2CCN(CC)CC2)nc2ccccc12. The molecule has 1 aliphatic rings. The number of rotatable bonds is 7. The molecule has 1 fully saturated rings. The van der Waals surface area contributed by atoms with Crippen molar-refractivity contribution < 1.29 is 4.74 Å². The second-order valence-electron chi connectivity index (χ2n) is 6.32. The number of piperazine rings is 1. The van der Waals surface area contributed by atoms with Crippen LogP contribution in [0.3, 0.4) is 0 Å². The predicted molar refractivity (Wildman–Crippen MR) is 98.9 cm³/mol. The van der Waals surface area contributed by atoms with Gasteiger partial charge in [0.1, 0.15) is 0 Å². The minimum Gasteiger partial charge on any atom is -0.477 e. The van der Waals surface area contributed by atoms with E-state index in [4.69, 9.17) is 14.7 Å². The first-order chi connectivity index (χ1) is 11.8. The van der Waals surface area contributed by atoms with Gasteiger partial charge >= 0.3 is 0 Å². The van der Waals surface area contributed by atoms with Crippen molar-refractivity contribution in [3.05, 3.63) is 24.3 Å². The van der Waals surface area contributed by atoms with E-state index >= 15 is 0 Å². The molecule has 1 aromatic heterocycles. The molecule has 24 heavy (non-hydrogen) atoms. The van der Waals surface area contributed by atoms with Crippen LogP contribution in [0.1, 0.15) is 33.1 Å². The lowest BCUT2D eigenvalue weighted by atomic mass is 10.2. The predicted octanol–water partition coefficient (Wildman–Crippen LogP) is 3.34. The van der Waals surface area contributed by atoms with Crippen LogP contribution in [0.4, 0.5) is 5.95 Å². The molecule has 0 saturated carbocycles. The molecule has 0 amide bonds. The average Bonchev–Trinajstić information content (AvgIpc) is 2.65. The lowest BCUT2D eigenvalue weighted by Crippen LogP contribution is -2.46. The Bertz CT molecular complexity index is 653. The normalized spacial score (nSPS) is 15.8. The van der Waals surface area contributed by atoms with Crippen LogP contribution in [0.25, 0.3) is 10.9 Å². The van der Waals surface area contributed by atoms with Crippen molar-refractivity contribution in [1.29, 1.82) is 0 Å². The maximum Gasteiger partial charge on any atom is 0.229 e. The monoisotopic (exact) mass is 328 g/mol. The van der Waals surface area contributed by atoms with Gasteiger partial charge in [0.05, 0.1) is 17.5 Å². The number of likely N-dealkylation sites (N-methyl/N-ethyl adjacent to an activating group) is 1. The van der Waals surface area contributed by atoms with E-state index in [1.807, 2.05) is 24.3 Å². The number of hydrogen-bond donors (Lipinski definition) is 0. The third kappa shape index (κ3) is 3.96. The quantitative estimate of drug-likeness (QED) is 0.729. The second kappa shape index (κ2) is 8.29. The molecule has 0 bridgehead atoms. The van der Waals surface area contributed by atoms with Crippen LogP contribution < -0.4 is 9.64 Å². The zero-order valence-electron chi connectivity index (χ0n) is 14.9. The number of aromatic nitrogens is 2. The van der Waals surface area contributed by atoms with Gasteiger partial charge in [-0.2, -0.15) is 4.98 Å². The summed E-state index contributed by atoms with van der Waals surface area (Å²) in [7, 11) is 0. The smallest absolute Gasteiger partial charge is 0.229 e. The van der Waals surface area contributed by atoms with Crippen LogP contribution in [0, 0.1) is 0 Å². The molecular weight excluding hydrogens is 300 g/mol. The summed E-state index contributed by atoms with van der Waals surface area (Å²) in [6.45, 7) is 10.3. The first kappa shape index (κ1) is 17.0. The molecule has 3 rings (SSSR count). The third-order valence-corrected chi connectivity index (χ3v) is 4.65. The van der Waals surface area contributed by atoms with Crippen molar-refractivity contribution in [3.63, 3.8) is 0 Å². The molecular formula is C19H28N4O. The Kier molecular flexibility index (Phi) is 5.86. The fourth-order valence-electron chi connectivity index (χ4n) is 3.07. The molecule has 2 aromatic rings. The fraction of sp³-hybridized carbons (Fsp3) is 0.579. The summed E-state index contributed by atoms with van der Waals surface area (Å²) in [6, 6.07) is 8.13. The molecule has 0 unspecified atom stereocenters. The van der Waals surface area contributed by atoms with Crippen molar-refractivity contribution in [2.45, 2.75) is 33.1 Å². The van der Waals surface area contributed by atoms with Crippen LogP contribution in [0.5, 0.6) is 5.88 Å². The summed E-state index contributed by atoms with van der Waals surface area (Å²) >= 11 is 0. The maximum absolute atomic E-state index is 6.01. The highest BCUT2D eigenvalue weighted by atomic mass is 16.5. The number of hydrogen-bond acceptors (Lipinski definition) is 5. The van der Waals surface area contributed by atoms with E-state index in [-0.39, 0.29) is 0 Å². The van der Waals surface area contributed by atoms with E-state index in [0.29, 0.717) is 0 Å². The highest BCUT2D eigenvalue weighted by Crippen LogP contribution is 2.26. The molecule has 5 nitrogen and oxygen atoms in total. The van der Waals surface area contributed by atoms with E-state index in [9.17, 15) is 0 Å². The zero-order valence-corrected chi connectivity index (χ0v) is 14.9. The summed E-state index contributed by atoms with van der Waals surface area (Å²) < 4.78 is 6.01. The Morgan fingerprint density at radius 1 is 1.00 bits per heavy atom. The molecule has 0 spiro atoms. The molecule has 5 heteroatoms. The number of para-hydroxylation sites is 1. The summed E-state index contributed by atoms with van der Waals surface area (Å²) in [5.74, 6) is 1.53. The molecule has 1 saturated heterocycles. The van der Waals surface area contributed by atoms with Gasteiger partial charge in [-0.05, 0) is 25.1 Å². The van der Waals surface area contributed by atoms with E-state index in [0.717, 1.165) is 68.5 Å². The lowest BCUT2D eigenvalue weighted by Gasteiger charge is -2.34. The van der Waals surface area contributed by atoms with Crippen LogP contribution in [-0.4, -0.2) is 54.2 Å². The van der Waals surface area contributed by atoms with Crippen LogP contribution in [0.15, 0.2) is 24.3 Å². The first-order valence-corrected chi connectivity index (χ1v) is 9.18. The Hall–Kier alpha value is -1.88. The van der Waals surface area contributed by atoms with Crippen molar-refractivity contribution in [2.75, 3.05) is 44.2 Å². The fourth-order valence-corrected chi connectivity index (χ4v) is 3.07. The summed E-state index contributed by atoms with van der Waals surface area (Å²) in [6.07, 6.45) is 3.45. The van der Waals surface area contributed by atoms with Gasteiger partial charge in [0.2, 0.25) is 11.8 Å². The van der Waals surface area contributed by atoms with Crippen LogP contribution in [0.2, 0.25) is 0 Å². The van der Waals surface area contributed by atoms with Gasteiger partial charge in [-0.1, -0.05) is 38.8 Å². The standard InChI is InChI=1S/C19H28N4O/c1-3-5-8-15-24-18-16-9-6-7-10-17(16)20-19(21-18)23-13-11-22(4-2)12-14-23/h6-7,9-10H,3-5,8,11-15H2,1-2H3. The van der Waals surface area contributed by atoms with Crippen LogP contribution in [-0.2, 0) is 0 Å². The van der Waals surface area contributed by atoms with E-state index in [2.05, 4.69) is 23.6 Å². The zero-order chi connectivity index (χ0) is 16.8. The summed E-state index contributed by atoms with van der Waals surface area (Å²) in [4.78, 5) is 14.3. The van der Waals surface area contributed by atoms with Gasteiger partial charge in [0.15, 0.2) is 0 Å². The van der Waals surface area contributed by atoms with E-state index < -0.39 is 0 Å².